The van der Waals surface area contributed by atoms with Gasteiger partial charge in [0.05, 0.1) is 5.39 Å². The molecule has 1 aromatic carbocycles. The number of hydrogen-bond donors (Lipinski definition) is 0. The van der Waals surface area contributed by atoms with E-state index in [0.717, 1.165) is 8.96 Å². The van der Waals surface area contributed by atoms with Crippen LogP contribution in [0.25, 0.3) is 11.0 Å². The first kappa shape index (κ1) is 11.9. The summed E-state index contributed by atoms with van der Waals surface area (Å²) in [6.45, 7) is 0. The lowest BCUT2D eigenvalue weighted by molar-refractivity contribution is 0.431. The number of halogens is 1. The van der Waals surface area contributed by atoms with Crippen molar-refractivity contribution < 1.29 is 9.15 Å². The van der Waals surface area contributed by atoms with Gasteiger partial charge in [-0.3, -0.25) is 0 Å². The first-order chi connectivity index (χ1) is 9.28. The third-order valence-corrected chi connectivity index (χ3v) is 3.00. The first-order valence-electron chi connectivity index (χ1n) is 5.35. The second-order valence-electron chi connectivity index (χ2n) is 3.65. The second kappa shape index (κ2) is 4.85. The largest absolute Gasteiger partial charge is 0.442 e. The maximum atomic E-state index is 9.08. The third-order valence-electron chi connectivity index (χ3n) is 2.44. The number of ether oxygens (including phenoxy) is 1. The number of aromatic nitrogens is 2. The summed E-state index contributed by atoms with van der Waals surface area (Å²) < 4.78 is 11.9. The molecule has 0 bridgehead atoms. The molecule has 0 spiro atoms. The van der Waals surface area contributed by atoms with Crippen LogP contribution in [-0.4, -0.2) is 9.97 Å². The van der Waals surface area contributed by atoms with Crippen LogP contribution in [0.2, 0.25) is 0 Å². The van der Waals surface area contributed by atoms with Crippen LogP contribution in [0.1, 0.15) is 5.76 Å². The van der Waals surface area contributed by atoms with Crippen LogP contribution in [0.5, 0.6) is 11.8 Å². The lowest BCUT2D eigenvalue weighted by Gasteiger charge is -2.01. The molecule has 0 aliphatic rings. The molecular formula is C13H6IN3O2. The van der Waals surface area contributed by atoms with Gasteiger partial charge in [-0.1, -0.05) is 12.1 Å². The summed E-state index contributed by atoms with van der Waals surface area (Å²) in [6.07, 6.45) is 3.27. The Morgan fingerprint density at radius 3 is 2.68 bits per heavy atom. The summed E-state index contributed by atoms with van der Waals surface area (Å²) >= 11 is 2.10. The number of hydrogen-bond acceptors (Lipinski definition) is 5. The van der Waals surface area contributed by atoms with Crippen molar-refractivity contribution in [2.75, 3.05) is 0 Å². The third kappa shape index (κ3) is 2.24. The number of benzene rings is 1. The number of nitriles is 1. The van der Waals surface area contributed by atoms with Gasteiger partial charge in [0.15, 0.2) is 5.75 Å². The predicted octanol–water partition coefficient (Wildman–Crippen LogP) is 3.49. The normalized spacial score (nSPS) is 10.3. The average molecular weight is 363 g/mol. The number of fused-ring (bicyclic) bond motifs is 1. The van der Waals surface area contributed by atoms with E-state index in [2.05, 4.69) is 32.6 Å². The fourth-order valence-corrected chi connectivity index (χ4v) is 1.92. The molecule has 0 radical (unpaired) electrons. The molecule has 0 saturated heterocycles. The van der Waals surface area contributed by atoms with Crippen molar-refractivity contribution in [1.82, 2.24) is 9.97 Å². The van der Waals surface area contributed by atoms with Gasteiger partial charge >= 0.3 is 6.01 Å². The smallest absolute Gasteiger partial charge is 0.322 e. The minimum Gasteiger partial charge on any atom is -0.442 e. The van der Waals surface area contributed by atoms with Crippen LogP contribution in [0.3, 0.4) is 0 Å². The Kier molecular flexibility index (Phi) is 3.05. The molecule has 0 aliphatic carbocycles. The molecule has 0 N–H and O–H groups in total. The van der Waals surface area contributed by atoms with E-state index in [4.69, 9.17) is 14.4 Å². The molecule has 5 nitrogen and oxygen atoms in total. The van der Waals surface area contributed by atoms with Gasteiger partial charge in [-0.2, -0.15) is 5.26 Å². The highest BCUT2D eigenvalue weighted by Gasteiger charge is 2.16. The van der Waals surface area contributed by atoms with Crippen molar-refractivity contribution >= 4 is 33.6 Å². The molecule has 0 unspecified atom stereocenters. The highest BCUT2D eigenvalue weighted by molar-refractivity contribution is 14.1. The Bertz CT molecular complexity index is 775. The summed E-state index contributed by atoms with van der Waals surface area (Å²) in [4.78, 5) is 8.09. The van der Waals surface area contributed by atoms with E-state index in [1.807, 2.05) is 24.3 Å². The molecule has 0 fully saturated rings. The van der Waals surface area contributed by atoms with E-state index in [9.17, 15) is 0 Å². The zero-order valence-corrected chi connectivity index (χ0v) is 11.7. The van der Waals surface area contributed by atoms with E-state index in [1.165, 1.54) is 0 Å². The van der Waals surface area contributed by atoms with Crippen molar-refractivity contribution in [1.29, 1.82) is 5.26 Å². The van der Waals surface area contributed by atoms with E-state index in [0.29, 0.717) is 11.3 Å². The van der Waals surface area contributed by atoms with Crippen molar-refractivity contribution in [3.63, 3.8) is 0 Å². The monoisotopic (exact) mass is 363 g/mol. The van der Waals surface area contributed by atoms with Gasteiger partial charge in [0, 0.05) is 16.0 Å². The number of rotatable bonds is 2. The molecule has 6 heteroatoms. The molecule has 0 saturated carbocycles. The minimum absolute atomic E-state index is 0.114. The van der Waals surface area contributed by atoms with E-state index >= 15 is 0 Å². The molecular weight excluding hydrogens is 357 g/mol. The number of furan rings is 1. The summed E-state index contributed by atoms with van der Waals surface area (Å²) in [5.41, 5.74) is 0.597. The molecule has 2 heterocycles. The molecule has 0 atom stereocenters. The summed E-state index contributed by atoms with van der Waals surface area (Å²) in [7, 11) is 0. The number of nitrogens with zero attached hydrogens (tertiary/aromatic N) is 3. The van der Waals surface area contributed by atoms with Gasteiger partial charge in [0.1, 0.15) is 11.7 Å². The number of para-hydroxylation sites is 1. The summed E-state index contributed by atoms with van der Waals surface area (Å²) in [6, 6.07) is 9.43. The van der Waals surface area contributed by atoms with Gasteiger partial charge in [-0.05, 0) is 34.7 Å². The summed E-state index contributed by atoms with van der Waals surface area (Å²) in [5.74, 6) is 0.461. The van der Waals surface area contributed by atoms with Crippen LogP contribution in [0.15, 0.2) is 41.1 Å². The Morgan fingerprint density at radius 1 is 1.21 bits per heavy atom. The minimum atomic E-state index is 0.114. The van der Waals surface area contributed by atoms with Gasteiger partial charge < -0.3 is 9.15 Å². The Morgan fingerprint density at radius 2 is 1.95 bits per heavy atom. The standard InChI is InChI=1S/C13H6IN3O2/c14-8-6-16-13(17-7-8)19-12-9-3-1-2-4-10(9)18-11(12)5-15/h1-4,6-7H. The second-order valence-corrected chi connectivity index (χ2v) is 4.90. The van der Waals surface area contributed by atoms with Gasteiger partial charge in [-0.25, -0.2) is 9.97 Å². The van der Waals surface area contributed by atoms with Gasteiger partial charge in [-0.15, -0.1) is 0 Å². The van der Waals surface area contributed by atoms with E-state index < -0.39 is 0 Å². The zero-order chi connectivity index (χ0) is 13.2. The van der Waals surface area contributed by atoms with Crippen molar-refractivity contribution in [2.24, 2.45) is 0 Å². The average Bonchev–Trinajstić information content (AvgIpc) is 2.79. The molecule has 2 aromatic heterocycles. The Labute approximate surface area is 122 Å². The van der Waals surface area contributed by atoms with Crippen LogP contribution in [-0.2, 0) is 0 Å². The maximum absolute atomic E-state index is 9.08. The summed E-state index contributed by atoms with van der Waals surface area (Å²) in [5, 5.41) is 9.80. The molecule has 3 rings (SSSR count). The van der Waals surface area contributed by atoms with Crippen molar-refractivity contribution in [3.05, 3.63) is 46.0 Å². The molecule has 3 aromatic rings. The molecule has 19 heavy (non-hydrogen) atoms. The first-order valence-corrected chi connectivity index (χ1v) is 6.43. The molecule has 92 valence electrons. The Balaban J connectivity index is 2.09. The maximum Gasteiger partial charge on any atom is 0.322 e. The molecule has 0 amide bonds. The van der Waals surface area contributed by atoms with Crippen molar-refractivity contribution in [2.45, 2.75) is 0 Å². The van der Waals surface area contributed by atoms with Crippen LogP contribution in [0, 0.1) is 14.9 Å². The highest BCUT2D eigenvalue weighted by Crippen LogP contribution is 2.34. The topological polar surface area (TPSA) is 71.9 Å². The predicted molar refractivity (Wildman–Crippen MR) is 75.8 cm³/mol. The fourth-order valence-electron chi connectivity index (χ4n) is 1.64. The van der Waals surface area contributed by atoms with Crippen LogP contribution in [0.4, 0.5) is 0 Å². The molecule has 0 aliphatic heterocycles. The fraction of sp³-hybridized carbons (Fsp3) is 0. The Hall–Kier alpha value is -2.14. The van der Waals surface area contributed by atoms with Crippen LogP contribution < -0.4 is 4.74 Å². The zero-order valence-electron chi connectivity index (χ0n) is 9.50. The highest BCUT2D eigenvalue weighted by atomic mass is 127. The van der Waals surface area contributed by atoms with Crippen LogP contribution >= 0.6 is 22.6 Å². The lowest BCUT2D eigenvalue weighted by atomic mass is 10.2. The van der Waals surface area contributed by atoms with E-state index in [-0.39, 0.29) is 11.8 Å². The quantitative estimate of drug-likeness (QED) is 0.652. The van der Waals surface area contributed by atoms with Gasteiger partial charge in [0.25, 0.3) is 0 Å². The van der Waals surface area contributed by atoms with Gasteiger partial charge in [0.2, 0.25) is 5.76 Å². The van der Waals surface area contributed by atoms with Crippen molar-refractivity contribution in [3.8, 4) is 17.8 Å². The van der Waals surface area contributed by atoms with E-state index in [1.54, 1.807) is 18.5 Å². The SMILES string of the molecule is N#Cc1oc2ccccc2c1Oc1ncc(I)cn1. The lowest BCUT2D eigenvalue weighted by Crippen LogP contribution is -1.92.